The van der Waals surface area contributed by atoms with Crippen LogP contribution < -0.4 is 18.9 Å². The molecule has 0 bridgehead atoms. The average molecular weight is 123 g/mol. The maximum Gasteiger partial charge on any atom is 1.00 e. The molecule has 0 radical (unpaired) electrons. The van der Waals surface area contributed by atoms with E-state index in [2.05, 4.69) is 11.1 Å². The van der Waals surface area contributed by atoms with E-state index in [4.69, 9.17) is 0 Å². The van der Waals surface area contributed by atoms with E-state index >= 15 is 0 Å². The van der Waals surface area contributed by atoms with Crippen molar-refractivity contribution in [3.8, 4) is 0 Å². The Kier molecular flexibility index (Phi) is 2.21. The number of rotatable bonds is 0. The Morgan fingerprint density at radius 2 is 2.20 bits per heavy atom. The van der Waals surface area contributed by atoms with Crippen LogP contribution in [-0.2, 0) is 0 Å². The van der Waals surface area contributed by atoms with Gasteiger partial charge in [-0.1, -0.05) is 0 Å². The molecule has 0 saturated heterocycles. The number of fused-ring (bicyclic) bond motifs is 1. The van der Waals surface area contributed by atoms with Gasteiger partial charge in [0.05, 0.1) is 0 Å². The van der Waals surface area contributed by atoms with Gasteiger partial charge in [-0.15, -0.1) is 35.7 Å². The maximum absolute atomic E-state index is 3.10. The first-order chi connectivity index (χ1) is 4.47. The molecule has 1 N–H and O–H groups in total. The first-order valence-electron chi connectivity index (χ1n) is 2.90. The third-order valence-electron chi connectivity index (χ3n) is 1.38. The number of aromatic nitrogens is 1. The Balaban J connectivity index is 0.000000500. The second-order valence-corrected chi connectivity index (χ2v) is 1.98. The van der Waals surface area contributed by atoms with Gasteiger partial charge in [-0.2, -0.15) is 0 Å². The summed E-state index contributed by atoms with van der Waals surface area (Å²) in [5.41, 5.74) is 1.15. The van der Waals surface area contributed by atoms with Gasteiger partial charge in [0.25, 0.3) is 0 Å². The van der Waals surface area contributed by atoms with Gasteiger partial charge in [-0.25, -0.2) is 0 Å². The summed E-state index contributed by atoms with van der Waals surface area (Å²) in [6.07, 6.45) is 1.92. The van der Waals surface area contributed by atoms with Gasteiger partial charge < -0.3 is 4.98 Å². The average Bonchev–Trinajstić information content (AvgIpc) is 2.33. The summed E-state index contributed by atoms with van der Waals surface area (Å²) in [6, 6.07) is 11.0. The molecule has 0 atom stereocenters. The molecule has 0 saturated carbocycles. The normalized spacial score (nSPS) is 9.20. The zero-order valence-corrected chi connectivity index (χ0v) is 5.89. The summed E-state index contributed by atoms with van der Waals surface area (Å²) < 4.78 is 0. The molecule has 2 rings (SSSR count). The van der Waals surface area contributed by atoms with E-state index in [9.17, 15) is 0 Å². The minimum atomic E-state index is 0. The van der Waals surface area contributed by atoms with E-state index in [-0.39, 0.29) is 18.9 Å². The summed E-state index contributed by atoms with van der Waals surface area (Å²) in [6.45, 7) is 0. The molecule has 0 fully saturated rings. The van der Waals surface area contributed by atoms with E-state index in [1.807, 2.05) is 30.5 Å². The fourth-order valence-electron chi connectivity index (χ4n) is 0.928. The third-order valence-corrected chi connectivity index (χ3v) is 1.38. The standard InChI is InChI=1S/C8H6N.Li/c1-2-4-8-7(3-1)5-6-9-8;/h1-2,4-6,9H;/q-1;+1. The van der Waals surface area contributed by atoms with Crippen molar-refractivity contribution in [2.45, 2.75) is 0 Å². The van der Waals surface area contributed by atoms with Crippen LogP contribution in [-0.4, -0.2) is 4.98 Å². The van der Waals surface area contributed by atoms with Crippen LogP contribution in [0.4, 0.5) is 0 Å². The van der Waals surface area contributed by atoms with Crippen molar-refractivity contribution in [3.63, 3.8) is 0 Å². The molecule has 1 aromatic carbocycles. The van der Waals surface area contributed by atoms with Crippen LogP contribution in [0, 0.1) is 6.07 Å². The Bertz CT molecular complexity index is 283. The number of aromatic amines is 1. The predicted octanol–water partition coefficient (Wildman–Crippen LogP) is -1.03. The van der Waals surface area contributed by atoms with Gasteiger partial charge in [0.15, 0.2) is 0 Å². The van der Waals surface area contributed by atoms with Crippen LogP contribution in [0.15, 0.2) is 30.5 Å². The quantitative estimate of drug-likeness (QED) is 0.340. The molecular weight excluding hydrogens is 117 g/mol. The van der Waals surface area contributed by atoms with E-state index in [1.54, 1.807) is 0 Å². The molecule has 1 nitrogen and oxygen atoms in total. The largest absolute Gasteiger partial charge is 1.00 e. The summed E-state index contributed by atoms with van der Waals surface area (Å²) in [5.74, 6) is 0. The second kappa shape index (κ2) is 2.96. The van der Waals surface area contributed by atoms with Crippen LogP contribution in [0.1, 0.15) is 0 Å². The molecule has 0 amide bonds. The van der Waals surface area contributed by atoms with Gasteiger partial charge in [0.1, 0.15) is 0 Å². The number of hydrogen-bond acceptors (Lipinski definition) is 0. The molecule has 0 unspecified atom stereocenters. The van der Waals surface area contributed by atoms with Crippen LogP contribution in [0.3, 0.4) is 0 Å². The van der Waals surface area contributed by atoms with Crippen molar-refractivity contribution in [1.82, 2.24) is 4.98 Å². The number of H-pyrrole nitrogens is 1. The predicted molar refractivity (Wildman–Crippen MR) is 37.1 cm³/mol. The van der Waals surface area contributed by atoms with Crippen molar-refractivity contribution in [3.05, 3.63) is 36.5 Å². The number of hydrogen-bond donors (Lipinski definition) is 1. The number of nitrogens with one attached hydrogen (secondary N) is 1. The van der Waals surface area contributed by atoms with E-state index < -0.39 is 0 Å². The third kappa shape index (κ3) is 1.11. The van der Waals surface area contributed by atoms with Gasteiger partial charge in [-0.3, -0.25) is 0 Å². The smallest absolute Gasteiger partial charge is 0.409 e. The second-order valence-electron chi connectivity index (χ2n) is 1.98. The summed E-state index contributed by atoms with van der Waals surface area (Å²) in [5, 5.41) is 1.15. The van der Waals surface area contributed by atoms with Gasteiger partial charge in [0, 0.05) is 0 Å². The van der Waals surface area contributed by atoms with E-state index in [0.29, 0.717) is 0 Å². The van der Waals surface area contributed by atoms with E-state index in [1.165, 1.54) is 0 Å². The van der Waals surface area contributed by atoms with Crippen LogP contribution in [0.5, 0.6) is 0 Å². The molecule has 0 aliphatic rings. The molecule has 2 aromatic rings. The SMILES string of the molecule is [Li+].[c-]1cccc2[nH]ccc12. The van der Waals surface area contributed by atoms with Gasteiger partial charge in [0.2, 0.25) is 0 Å². The van der Waals surface area contributed by atoms with E-state index in [0.717, 1.165) is 10.9 Å². The zero-order valence-electron chi connectivity index (χ0n) is 5.89. The Hall–Kier alpha value is -0.643. The minimum absolute atomic E-state index is 0. The molecular formula is C8H6LiN. The molecule has 2 heteroatoms. The molecule has 1 heterocycles. The Labute approximate surface area is 71.6 Å². The minimum Gasteiger partial charge on any atom is -0.409 e. The zero-order chi connectivity index (χ0) is 6.10. The molecule has 10 heavy (non-hydrogen) atoms. The maximum atomic E-state index is 3.10. The number of benzene rings is 1. The monoisotopic (exact) mass is 123 g/mol. The fraction of sp³-hybridized carbons (Fsp3) is 0. The molecule has 0 spiro atoms. The Morgan fingerprint density at radius 1 is 1.30 bits per heavy atom. The molecule has 0 aliphatic heterocycles. The summed E-state index contributed by atoms with van der Waals surface area (Å²) >= 11 is 0. The van der Waals surface area contributed by atoms with Crippen LogP contribution in [0.2, 0.25) is 0 Å². The molecule has 1 aromatic heterocycles. The van der Waals surface area contributed by atoms with Crippen molar-refractivity contribution in [2.24, 2.45) is 0 Å². The van der Waals surface area contributed by atoms with Gasteiger partial charge in [-0.05, 0) is 11.7 Å². The first-order valence-corrected chi connectivity index (χ1v) is 2.90. The van der Waals surface area contributed by atoms with Crippen LogP contribution in [0.25, 0.3) is 10.9 Å². The van der Waals surface area contributed by atoms with Crippen molar-refractivity contribution in [1.29, 1.82) is 0 Å². The van der Waals surface area contributed by atoms with Crippen LogP contribution >= 0.6 is 0 Å². The molecule has 44 valence electrons. The first kappa shape index (κ1) is 7.46. The van der Waals surface area contributed by atoms with Gasteiger partial charge >= 0.3 is 18.9 Å². The van der Waals surface area contributed by atoms with Crippen molar-refractivity contribution < 1.29 is 18.9 Å². The topological polar surface area (TPSA) is 15.8 Å². The summed E-state index contributed by atoms with van der Waals surface area (Å²) in [7, 11) is 0. The summed E-state index contributed by atoms with van der Waals surface area (Å²) in [4.78, 5) is 3.09. The van der Waals surface area contributed by atoms with Crippen molar-refractivity contribution >= 4 is 10.9 Å². The molecule has 0 aliphatic carbocycles. The Morgan fingerprint density at radius 3 is 3.00 bits per heavy atom. The van der Waals surface area contributed by atoms with Crippen molar-refractivity contribution in [2.75, 3.05) is 0 Å². The fourth-order valence-corrected chi connectivity index (χ4v) is 0.928.